The fourth-order valence-electron chi connectivity index (χ4n) is 4.05. The van der Waals surface area contributed by atoms with Crippen molar-refractivity contribution in [3.05, 3.63) is 24.0 Å². The summed E-state index contributed by atoms with van der Waals surface area (Å²) in [5, 5.41) is 0. The molecule has 30 heavy (non-hydrogen) atoms. The Kier molecular flexibility index (Phi) is 7.65. The van der Waals surface area contributed by atoms with Gasteiger partial charge in [0.05, 0.1) is 0 Å². The number of urea groups is 1. The number of imide groups is 1. The van der Waals surface area contributed by atoms with E-state index in [0.717, 1.165) is 0 Å². The van der Waals surface area contributed by atoms with E-state index in [-0.39, 0.29) is 41.9 Å². The van der Waals surface area contributed by atoms with E-state index in [9.17, 15) is 14.4 Å². The number of piperidine rings is 1. The van der Waals surface area contributed by atoms with Gasteiger partial charge in [0.1, 0.15) is 12.1 Å². The standard InChI is InChI=1S/C20H29N5O4.ClH/c1-14(2)13-25-19(28)23(3)18(27)20(25)6-10-24(11-7-20)17(26)16-15(29-12-8-21)5-4-9-22-16;/h4-5,9,14H,6-8,10-13,21H2,1-3H3;1H. The number of carbonyl (C=O) groups excluding carboxylic acids is 3. The Morgan fingerprint density at radius 3 is 2.57 bits per heavy atom. The molecule has 0 aromatic carbocycles. The van der Waals surface area contributed by atoms with Crippen molar-refractivity contribution in [3.63, 3.8) is 0 Å². The fraction of sp³-hybridized carbons (Fsp3) is 0.600. The molecule has 0 aliphatic carbocycles. The van der Waals surface area contributed by atoms with Gasteiger partial charge in [0, 0.05) is 39.4 Å². The molecule has 1 aromatic heterocycles. The van der Waals surface area contributed by atoms with Crippen molar-refractivity contribution >= 4 is 30.3 Å². The molecule has 0 radical (unpaired) electrons. The largest absolute Gasteiger partial charge is 0.490 e. The summed E-state index contributed by atoms with van der Waals surface area (Å²) in [5.41, 5.74) is 4.86. The summed E-state index contributed by atoms with van der Waals surface area (Å²) in [6, 6.07) is 3.14. The third kappa shape index (κ3) is 4.22. The van der Waals surface area contributed by atoms with E-state index in [4.69, 9.17) is 10.5 Å². The molecule has 2 N–H and O–H groups in total. The van der Waals surface area contributed by atoms with Crippen LogP contribution in [0.1, 0.15) is 37.2 Å². The first-order valence-corrected chi connectivity index (χ1v) is 9.98. The Bertz CT molecular complexity index is 795. The predicted molar refractivity (Wildman–Crippen MR) is 114 cm³/mol. The van der Waals surface area contributed by atoms with E-state index in [1.165, 1.54) is 11.9 Å². The molecule has 3 heterocycles. The highest BCUT2D eigenvalue weighted by Crippen LogP contribution is 2.37. The molecule has 0 bridgehead atoms. The average molecular weight is 440 g/mol. The molecule has 9 nitrogen and oxygen atoms in total. The second-order valence-electron chi connectivity index (χ2n) is 7.96. The monoisotopic (exact) mass is 439 g/mol. The minimum Gasteiger partial charge on any atom is -0.490 e. The number of hydrogen-bond donors (Lipinski definition) is 1. The van der Waals surface area contributed by atoms with Crippen molar-refractivity contribution in [2.75, 3.05) is 39.8 Å². The third-order valence-electron chi connectivity index (χ3n) is 5.51. The zero-order valence-corrected chi connectivity index (χ0v) is 18.5. The van der Waals surface area contributed by atoms with Gasteiger partial charge in [-0.15, -0.1) is 12.4 Å². The van der Waals surface area contributed by atoms with E-state index < -0.39 is 5.54 Å². The van der Waals surface area contributed by atoms with Crippen molar-refractivity contribution in [2.45, 2.75) is 32.2 Å². The Morgan fingerprint density at radius 2 is 1.97 bits per heavy atom. The summed E-state index contributed by atoms with van der Waals surface area (Å²) in [6.07, 6.45) is 2.37. The van der Waals surface area contributed by atoms with Gasteiger partial charge in [0.15, 0.2) is 11.4 Å². The van der Waals surface area contributed by atoms with Crippen LogP contribution in [0.4, 0.5) is 4.79 Å². The molecule has 0 unspecified atom stereocenters. The summed E-state index contributed by atoms with van der Waals surface area (Å²) in [4.78, 5) is 47.3. The smallest absolute Gasteiger partial charge is 0.327 e. The Hall–Kier alpha value is -2.39. The minimum atomic E-state index is -0.865. The number of likely N-dealkylation sites (tertiary alicyclic amines) is 1. The molecule has 2 aliphatic rings. The van der Waals surface area contributed by atoms with E-state index in [2.05, 4.69) is 4.98 Å². The number of amides is 4. The average Bonchev–Trinajstić information content (AvgIpc) is 2.88. The lowest BCUT2D eigenvalue weighted by atomic mass is 9.85. The number of nitrogens with two attached hydrogens (primary N) is 1. The van der Waals surface area contributed by atoms with Crippen LogP contribution in [0.5, 0.6) is 5.75 Å². The Balaban J connectivity index is 0.00000320. The van der Waals surface area contributed by atoms with Crippen LogP contribution in [0, 0.1) is 5.92 Å². The van der Waals surface area contributed by atoms with E-state index >= 15 is 0 Å². The molecule has 2 fully saturated rings. The predicted octanol–water partition coefficient (Wildman–Crippen LogP) is 1.37. The lowest BCUT2D eigenvalue weighted by Crippen LogP contribution is -2.58. The molecule has 10 heteroatoms. The van der Waals surface area contributed by atoms with Crippen LogP contribution in [-0.4, -0.2) is 82.9 Å². The van der Waals surface area contributed by atoms with Crippen LogP contribution >= 0.6 is 12.4 Å². The summed E-state index contributed by atoms with van der Waals surface area (Å²) in [5.74, 6) is 0.218. The molecule has 1 spiro atoms. The number of pyridine rings is 1. The lowest BCUT2D eigenvalue weighted by Gasteiger charge is -2.42. The van der Waals surface area contributed by atoms with E-state index in [1.807, 2.05) is 13.8 Å². The highest BCUT2D eigenvalue weighted by atomic mass is 35.5. The maximum absolute atomic E-state index is 13.0. The molecule has 1 aromatic rings. The van der Waals surface area contributed by atoms with E-state index in [0.29, 0.717) is 51.4 Å². The van der Waals surface area contributed by atoms with Gasteiger partial charge in [-0.3, -0.25) is 14.5 Å². The Labute approximate surface area is 182 Å². The quantitative estimate of drug-likeness (QED) is 0.670. The fourth-order valence-corrected chi connectivity index (χ4v) is 4.05. The number of carbonyl (C=O) groups is 3. The summed E-state index contributed by atoms with van der Waals surface area (Å²) in [7, 11) is 1.53. The summed E-state index contributed by atoms with van der Waals surface area (Å²) >= 11 is 0. The number of nitrogens with zero attached hydrogens (tertiary/aromatic N) is 4. The van der Waals surface area contributed by atoms with Crippen molar-refractivity contribution < 1.29 is 19.1 Å². The van der Waals surface area contributed by atoms with Crippen LogP contribution in [0.2, 0.25) is 0 Å². The van der Waals surface area contributed by atoms with Crippen LogP contribution in [0.25, 0.3) is 0 Å². The molecule has 4 amide bonds. The number of aromatic nitrogens is 1. The van der Waals surface area contributed by atoms with Crippen molar-refractivity contribution in [3.8, 4) is 5.75 Å². The molecule has 166 valence electrons. The first-order chi connectivity index (χ1) is 13.8. The SMILES string of the molecule is CC(C)CN1C(=O)N(C)C(=O)C12CCN(C(=O)c1ncccc1OCCN)CC2.Cl. The first kappa shape index (κ1) is 23.9. The molecule has 2 aliphatic heterocycles. The number of hydrogen-bond acceptors (Lipinski definition) is 6. The topological polar surface area (TPSA) is 109 Å². The molecule has 3 rings (SSSR count). The molecule has 2 saturated heterocycles. The van der Waals surface area contributed by atoms with Gasteiger partial charge < -0.3 is 20.3 Å². The van der Waals surface area contributed by atoms with Crippen LogP contribution < -0.4 is 10.5 Å². The third-order valence-corrected chi connectivity index (χ3v) is 5.51. The van der Waals surface area contributed by atoms with Crippen molar-refractivity contribution in [1.82, 2.24) is 19.7 Å². The van der Waals surface area contributed by atoms with Gasteiger partial charge in [-0.05, 0) is 30.9 Å². The first-order valence-electron chi connectivity index (χ1n) is 9.98. The highest BCUT2D eigenvalue weighted by Gasteiger charge is 2.57. The second-order valence-corrected chi connectivity index (χ2v) is 7.96. The number of rotatable bonds is 6. The van der Waals surface area contributed by atoms with Gasteiger partial charge in [-0.2, -0.15) is 0 Å². The zero-order chi connectivity index (χ0) is 21.2. The van der Waals surface area contributed by atoms with Gasteiger partial charge in [-0.1, -0.05) is 13.8 Å². The maximum Gasteiger partial charge on any atom is 0.327 e. The summed E-state index contributed by atoms with van der Waals surface area (Å²) in [6.45, 7) is 5.92. The Morgan fingerprint density at radius 1 is 1.30 bits per heavy atom. The molecular weight excluding hydrogens is 410 g/mol. The second kappa shape index (κ2) is 9.61. The summed E-state index contributed by atoms with van der Waals surface area (Å²) < 4.78 is 5.55. The molecule has 0 atom stereocenters. The van der Waals surface area contributed by atoms with Gasteiger partial charge in [0.2, 0.25) is 0 Å². The van der Waals surface area contributed by atoms with E-state index in [1.54, 1.807) is 28.1 Å². The number of ether oxygens (including phenoxy) is 1. The minimum absolute atomic E-state index is 0. The number of halogens is 1. The lowest BCUT2D eigenvalue weighted by molar-refractivity contribution is -0.134. The van der Waals surface area contributed by atoms with Crippen LogP contribution in [0.3, 0.4) is 0 Å². The van der Waals surface area contributed by atoms with Crippen molar-refractivity contribution in [2.24, 2.45) is 11.7 Å². The van der Waals surface area contributed by atoms with Gasteiger partial charge in [0.25, 0.3) is 11.8 Å². The molecule has 0 saturated carbocycles. The number of likely N-dealkylation sites (N-methyl/N-ethyl adjacent to an activating group) is 1. The van der Waals surface area contributed by atoms with Crippen LogP contribution in [0.15, 0.2) is 18.3 Å². The molecular formula is C20H30ClN5O4. The van der Waals surface area contributed by atoms with Gasteiger partial charge in [-0.25, -0.2) is 9.78 Å². The van der Waals surface area contributed by atoms with Crippen molar-refractivity contribution in [1.29, 1.82) is 0 Å². The normalized spacial score (nSPS) is 18.2. The zero-order valence-electron chi connectivity index (χ0n) is 17.7. The maximum atomic E-state index is 13.0. The van der Waals surface area contributed by atoms with Crippen LogP contribution in [-0.2, 0) is 4.79 Å². The van der Waals surface area contributed by atoms with Gasteiger partial charge >= 0.3 is 6.03 Å². The highest BCUT2D eigenvalue weighted by molar-refractivity contribution is 6.07.